The van der Waals surface area contributed by atoms with E-state index >= 15 is 0 Å². The molecule has 0 aliphatic carbocycles. The summed E-state index contributed by atoms with van der Waals surface area (Å²) in [4.78, 5) is 41.4. The van der Waals surface area contributed by atoms with Crippen molar-refractivity contribution in [1.82, 2.24) is 19.9 Å². The summed E-state index contributed by atoms with van der Waals surface area (Å²) in [6.45, 7) is 1.70. The van der Waals surface area contributed by atoms with E-state index in [4.69, 9.17) is 4.74 Å². The van der Waals surface area contributed by atoms with Gasteiger partial charge in [-0.15, -0.1) is 0 Å². The Hall–Kier alpha value is -4.45. The summed E-state index contributed by atoms with van der Waals surface area (Å²) in [5.41, 5.74) is 1.44. The fourth-order valence-corrected chi connectivity index (χ4v) is 4.10. The number of sulfonamides is 1. The number of hydrogen-bond acceptors (Lipinski definition) is 9. The number of carbonyl (C=O) groups excluding carboxylic acids is 2. The maximum absolute atomic E-state index is 12.7. The number of carbonyl (C=O) groups is 2. The number of benzene rings is 2. The number of anilines is 2. The van der Waals surface area contributed by atoms with Gasteiger partial charge in [-0.3, -0.25) is 14.8 Å². The number of esters is 1. The smallest absolute Gasteiger partial charge is 0.341 e. The minimum atomic E-state index is -3.91. The number of amides is 1. The lowest BCUT2D eigenvalue weighted by molar-refractivity contribution is -0.124. The molecular formula is C23H20N6O5S. The van der Waals surface area contributed by atoms with E-state index in [-0.39, 0.29) is 22.8 Å². The Morgan fingerprint density at radius 2 is 1.63 bits per heavy atom. The minimum absolute atomic E-state index is 0.0431. The van der Waals surface area contributed by atoms with Crippen LogP contribution in [0.4, 0.5) is 11.6 Å². The van der Waals surface area contributed by atoms with Crippen LogP contribution in [0.3, 0.4) is 0 Å². The molecule has 2 aromatic heterocycles. The van der Waals surface area contributed by atoms with Crippen LogP contribution in [-0.4, -0.2) is 46.3 Å². The summed E-state index contributed by atoms with van der Waals surface area (Å²) in [7, 11) is -3.91. The summed E-state index contributed by atoms with van der Waals surface area (Å²) in [6.07, 6.45) is 4.95. The minimum Gasteiger partial charge on any atom is -0.449 e. The van der Waals surface area contributed by atoms with Gasteiger partial charge in [-0.25, -0.2) is 27.9 Å². The Labute approximate surface area is 200 Å². The molecule has 0 radical (unpaired) electrons. The van der Waals surface area contributed by atoms with Crippen LogP contribution in [0, 0.1) is 0 Å². The zero-order valence-corrected chi connectivity index (χ0v) is 19.3. The van der Waals surface area contributed by atoms with Gasteiger partial charge in [-0.1, -0.05) is 13.0 Å². The lowest BCUT2D eigenvalue weighted by Gasteiger charge is -2.16. The number of para-hydroxylation sites is 1. The molecule has 4 rings (SSSR count). The van der Waals surface area contributed by atoms with Crippen molar-refractivity contribution in [2.24, 2.45) is 0 Å². The monoisotopic (exact) mass is 492 g/mol. The van der Waals surface area contributed by atoms with Crippen molar-refractivity contribution in [3.05, 3.63) is 78.9 Å². The number of nitrogens with one attached hydrogen (secondary N) is 2. The molecule has 11 nitrogen and oxygen atoms in total. The van der Waals surface area contributed by atoms with Crippen molar-refractivity contribution in [3.63, 3.8) is 0 Å². The van der Waals surface area contributed by atoms with Crippen molar-refractivity contribution < 1.29 is 22.7 Å². The third-order valence-corrected chi connectivity index (χ3v) is 6.20. The van der Waals surface area contributed by atoms with E-state index in [1.807, 2.05) is 0 Å². The maximum Gasteiger partial charge on any atom is 0.341 e. The molecular weight excluding hydrogens is 472 g/mol. The number of fused-ring (bicyclic) bond motifs is 1. The first kappa shape index (κ1) is 23.7. The zero-order valence-electron chi connectivity index (χ0n) is 18.5. The van der Waals surface area contributed by atoms with Crippen LogP contribution in [-0.2, 0) is 19.6 Å². The third kappa shape index (κ3) is 5.55. The van der Waals surface area contributed by atoms with Crippen LogP contribution in [0.25, 0.3) is 11.0 Å². The van der Waals surface area contributed by atoms with Crippen molar-refractivity contribution in [2.75, 3.05) is 10.0 Å². The Kier molecular flexibility index (Phi) is 6.92. The highest BCUT2D eigenvalue weighted by Crippen LogP contribution is 2.19. The second kappa shape index (κ2) is 10.2. The van der Waals surface area contributed by atoms with Crippen LogP contribution in [0.15, 0.2) is 78.2 Å². The first-order valence-electron chi connectivity index (χ1n) is 10.5. The van der Waals surface area contributed by atoms with Gasteiger partial charge < -0.3 is 10.1 Å². The summed E-state index contributed by atoms with van der Waals surface area (Å²) < 4.78 is 32.7. The van der Waals surface area contributed by atoms with Crippen molar-refractivity contribution in [2.45, 2.75) is 24.3 Å². The highest BCUT2D eigenvalue weighted by molar-refractivity contribution is 7.92. The molecule has 0 spiro atoms. The molecule has 2 heterocycles. The zero-order chi connectivity index (χ0) is 24.8. The molecule has 35 heavy (non-hydrogen) atoms. The Balaban J connectivity index is 1.43. The van der Waals surface area contributed by atoms with Crippen molar-refractivity contribution in [3.8, 4) is 0 Å². The van der Waals surface area contributed by atoms with Gasteiger partial charge in [0.1, 0.15) is 5.52 Å². The van der Waals surface area contributed by atoms with E-state index in [1.54, 1.807) is 31.2 Å². The molecule has 0 fully saturated rings. The van der Waals surface area contributed by atoms with Crippen LogP contribution in [0.5, 0.6) is 0 Å². The fraction of sp³-hybridized carbons (Fsp3) is 0.130. The average molecular weight is 493 g/mol. The van der Waals surface area contributed by atoms with Crippen LogP contribution in [0.1, 0.15) is 23.7 Å². The van der Waals surface area contributed by atoms with Crippen LogP contribution in [0.2, 0.25) is 0 Å². The second-order valence-electron chi connectivity index (χ2n) is 7.22. The number of hydrogen-bond donors (Lipinski definition) is 2. The Morgan fingerprint density at radius 1 is 0.914 bits per heavy atom. The van der Waals surface area contributed by atoms with Gasteiger partial charge in [0.2, 0.25) is 5.95 Å². The molecule has 12 heteroatoms. The predicted octanol–water partition coefficient (Wildman–Crippen LogP) is 2.79. The Morgan fingerprint density at radius 3 is 2.34 bits per heavy atom. The van der Waals surface area contributed by atoms with E-state index in [0.29, 0.717) is 16.7 Å². The molecule has 0 bridgehead atoms. The third-order valence-electron chi connectivity index (χ3n) is 4.85. The first-order valence-corrected chi connectivity index (χ1v) is 12.0. The quantitative estimate of drug-likeness (QED) is 0.353. The summed E-state index contributed by atoms with van der Waals surface area (Å²) in [5, 5.41) is 2.63. The molecule has 1 amide bonds. The topological polar surface area (TPSA) is 153 Å². The molecule has 178 valence electrons. The lowest BCUT2D eigenvalue weighted by atomic mass is 10.1. The maximum atomic E-state index is 12.7. The van der Waals surface area contributed by atoms with E-state index in [2.05, 4.69) is 30.0 Å². The molecule has 1 unspecified atom stereocenters. The largest absolute Gasteiger partial charge is 0.449 e. The van der Waals surface area contributed by atoms with Gasteiger partial charge in [0, 0.05) is 30.5 Å². The van der Waals surface area contributed by atoms with E-state index in [1.165, 1.54) is 49.1 Å². The standard InChI is InChI=1S/C23H20N6O5S/c1-2-19(34-22(31)17-5-3-6-18-20(17)25-14-13-24-18)21(30)28-15-7-9-16(10-8-15)35(32,33)29-23-26-11-4-12-27-23/h3-14,19H,2H2,1H3,(H,28,30)(H,26,27,29). The van der Waals surface area contributed by atoms with Crippen molar-refractivity contribution in [1.29, 1.82) is 0 Å². The van der Waals surface area contributed by atoms with Gasteiger partial charge in [0.15, 0.2) is 6.10 Å². The van der Waals surface area contributed by atoms with Gasteiger partial charge in [0.25, 0.3) is 15.9 Å². The second-order valence-corrected chi connectivity index (χ2v) is 8.91. The van der Waals surface area contributed by atoms with Gasteiger partial charge >= 0.3 is 5.97 Å². The summed E-state index contributed by atoms with van der Waals surface area (Å²) in [5.74, 6) is -1.32. The first-order chi connectivity index (χ1) is 16.9. The molecule has 0 saturated heterocycles. The lowest BCUT2D eigenvalue weighted by Crippen LogP contribution is -2.32. The number of rotatable bonds is 8. The highest BCUT2D eigenvalue weighted by atomic mass is 32.2. The fourth-order valence-electron chi connectivity index (χ4n) is 3.14. The number of nitrogens with zero attached hydrogens (tertiary/aromatic N) is 4. The molecule has 2 aromatic carbocycles. The number of aromatic nitrogens is 4. The molecule has 2 N–H and O–H groups in total. The van der Waals surface area contributed by atoms with Crippen LogP contribution >= 0.6 is 0 Å². The normalized spacial score (nSPS) is 12.0. The van der Waals surface area contributed by atoms with E-state index in [0.717, 1.165) is 0 Å². The molecule has 0 aliphatic rings. The summed E-state index contributed by atoms with van der Waals surface area (Å²) >= 11 is 0. The highest BCUT2D eigenvalue weighted by Gasteiger charge is 2.24. The molecule has 4 aromatic rings. The van der Waals surface area contributed by atoms with Crippen molar-refractivity contribution >= 4 is 44.6 Å². The Bertz CT molecular complexity index is 1460. The van der Waals surface area contributed by atoms with E-state index in [9.17, 15) is 18.0 Å². The summed E-state index contributed by atoms with van der Waals surface area (Å²) in [6, 6.07) is 12.0. The van der Waals surface area contributed by atoms with Gasteiger partial charge in [-0.2, -0.15) is 0 Å². The van der Waals surface area contributed by atoms with Gasteiger partial charge in [0.05, 0.1) is 16.0 Å². The van der Waals surface area contributed by atoms with Gasteiger partial charge in [-0.05, 0) is 48.9 Å². The molecule has 0 aliphatic heterocycles. The average Bonchev–Trinajstić information content (AvgIpc) is 2.87. The molecule has 0 saturated carbocycles. The number of ether oxygens (including phenoxy) is 1. The van der Waals surface area contributed by atoms with E-state index < -0.39 is 28.0 Å². The van der Waals surface area contributed by atoms with Crippen LogP contribution < -0.4 is 10.0 Å². The molecule has 1 atom stereocenters. The predicted molar refractivity (Wildman–Crippen MR) is 127 cm³/mol. The SMILES string of the molecule is CCC(OC(=O)c1cccc2nccnc12)C(=O)Nc1ccc(S(=O)(=O)Nc2ncccn2)cc1.